The zero-order chi connectivity index (χ0) is 20.9. The average Bonchev–Trinajstić information content (AvgIpc) is 3.10. The predicted octanol–water partition coefficient (Wildman–Crippen LogP) is 5.06. The number of imide groups is 1. The number of rotatable bonds is 7. The van der Waals surface area contributed by atoms with Crippen molar-refractivity contribution >= 4 is 28.7 Å². The van der Waals surface area contributed by atoms with Crippen LogP contribution in [0.25, 0.3) is 11.1 Å². The Morgan fingerprint density at radius 1 is 0.800 bits per heavy atom. The summed E-state index contributed by atoms with van der Waals surface area (Å²) in [5.74, 6) is -0.153. The second-order valence-electron chi connectivity index (χ2n) is 7.27. The van der Waals surface area contributed by atoms with E-state index in [4.69, 9.17) is 0 Å². The summed E-state index contributed by atoms with van der Waals surface area (Å²) in [6.07, 6.45) is 1.61. The van der Waals surface area contributed by atoms with Gasteiger partial charge in [0.1, 0.15) is 0 Å². The first-order valence-corrected chi connectivity index (χ1v) is 10.7. The highest BCUT2D eigenvalue weighted by molar-refractivity contribution is 8.15. The average molecular weight is 416 g/mol. The molecule has 1 aliphatic heterocycles. The Hall–Kier alpha value is -3.18. The number of hydrogen-bond donors (Lipinski definition) is 1. The van der Waals surface area contributed by atoms with Gasteiger partial charge in [0, 0.05) is 12.0 Å². The Balaban J connectivity index is 1.32. The summed E-state index contributed by atoms with van der Waals surface area (Å²) in [5.41, 5.74) is 5.08. The monoisotopic (exact) mass is 415 g/mol. The zero-order valence-electron chi connectivity index (χ0n) is 16.3. The van der Waals surface area contributed by atoms with Crippen LogP contribution in [0.5, 0.6) is 0 Å². The van der Waals surface area contributed by atoms with Crippen molar-refractivity contribution in [1.82, 2.24) is 5.32 Å². The molecule has 3 aromatic rings. The topological polar surface area (TPSA) is 63.2 Å². The highest BCUT2D eigenvalue weighted by Gasteiger charge is 2.31. The summed E-state index contributed by atoms with van der Waals surface area (Å²) in [7, 11) is 0. The van der Waals surface area contributed by atoms with Crippen molar-refractivity contribution < 1.29 is 14.4 Å². The van der Waals surface area contributed by atoms with Crippen LogP contribution >= 0.6 is 11.8 Å². The van der Waals surface area contributed by atoms with Crippen LogP contribution < -0.4 is 5.32 Å². The molecular weight excluding hydrogens is 394 g/mol. The van der Waals surface area contributed by atoms with Crippen LogP contribution in [-0.2, 0) is 17.6 Å². The number of nitrogens with one attached hydrogen (secondary N) is 1. The van der Waals surface area contributed by atoms with E-state index in [0.717, 1.165) is 28.5 Å². The van der Waals surface area contributed by atoms with Gasteiger partial charge in [-0.2, -0.15) is 0 Å². The molecule has 0 aromatic heterocycles. The molecule has 1 N–H and O–H groups in total. The van der Waals surface area contributed by atoms with Crippen molar-refractivity contribution in [3.8, 4) is 11.1 Å². The lowest BCUT2D eigenvalue weighted by atomic mass is 9.99. The van der Waals surface area contributed by atoms with Crippen molar-refractivity contribution in [1.29, 1.82) is 0 Å². The molecule has 5 heteroatoms. The van der Waals surface area contributed by atoms with E-state index in [-0.39, 0.29) is 16.9 Å². The number of amides is 2. The fraction of sp³-hybridized carbons (Fsp3) is 0.160. The lowest BCUT2D eigenvalue weighted by Gasteiger charge is -2.07. The fourth-order valence-electron chi connectivity index (χ4n) is 3.47. The van der Waals surface area contributed by atoms with Crippen molar-refractivity contribution in [2.45, 2.75) is 24.5 Å². The SMILES string of the molecule is O=C1NC(=O)C(Cc2ccc(C(=O)CCc3ccc(-c4ccccc4)cc3)cc2)S1. The maximum atomic E-state index is 12.5. The lowest BCUT2D eigenvalue weighted by molar-refractivity contribution is -0.118. The minimum Gasteiger partial charge on any atom is -0.294 e. The fourth-order valence-corrected chi connectivity index (χ4v) is 4.32. The molecule has 1 unspecified atom stereocenters. The summed E-state index contributed by atoms with van der Waals surface area (Å²) in [6, 6.07) is 25.9. The molecule has 0 bridgehead atoms. The summed E-state index contributed by atoms with van der Waals surface area (Å²) < 4.78 is 0. The Kier molecular flexibility index (Phi) is 6.10. The van der Waals surface area contributed by atoms with E-state index >= 15 is 0 Å². The van der Waals surface area contributed by atoms with Gasteiger partial charge in [-0.3, -0.25) is 19.7 Å². The largest absolute Gasteiger partial charge is 0.294 e. The highest BCUT2D eigenvalue weighted by Crippen LogP contribution is 2.23. The van der Waals surface area contributed by atoms with Gasteiger partial charge in [-0.25, -0.2) is 0 Å². The van der Waals surface area contributed by atoms with E-state index in [1.54, 1.807) is 12.1 Å². The predicted molar refractivity (Wildman–Crippen MR) is 120 cm³/mol. The van der Waals surface area contributed by atoms with Crippen LogP contribution in [0.15, 0.2) is 78.9 Å². The normalized spacial score (nSPS) is 15.8. The summed E-state index contributed by atoms with van der Waals surface area (Å²) in [5, 5.41) is 1.60. The number of hydrogen-bond acceptors (Lipinski definition) is 4. The minimum absolute atomic E-state index is 0.0943. The second kappa shape index (κ2) is 9.09. The molecule has 150 valence electrons. The van der Waals surface area contributed by atoms with Crippen LogP contribution in [0.2, 0.25) is 0 Å². The summed E-state index contributed by atoms with van der Waals surface area (Å²) in [4.78, 5) is 35.5. The van der Waals surface area contributed by atoms with E-state index in [9.17, 15) is 14.4 Å². The van der Waals surface area contributed by atoms with Gasteiger partial charge in [-0.1, -0.05) is 90.6 Å². The molecule has 0 radical (unpaired) electrons. The molecule has 0 saturated carbocycles. The minimum atomic E-state index is -0.391. The van der Waals surface area contributed by atoms with E-state index in [2.05, 4.69) is 41.7 Å². The van der Waals surface area contributed by atoms with Crippen LogP contribution in [0.4, 0.5) is 4.79 Å². The van der Waals surface area contributed by atoms with Gasteiger partial charge in [0.05, 0.1) is 5.25 Å². The number of ketones is 1. The second-order valence-corrected chi connectivity index (χ2v) is 8.45. The molecule has 1 atom stereocenters. The first kappa shape index (κ1) is 20.1. The van der Waals surface area contributed by atoms with Gasteiger partial charge >= 0.3 is 0 Å². The number of carbonyl (C=O) groups excluding carboxylic acids is 3. The van der Waals surface area contributed by atoms with Crippen LogP contribution in [-0.4, -0.2) is 22.2 Å². The van der Waals surface area contributed by atoms with Crippen molar-refractivity contribution in [2.24, 2.45) is 0 Å². The first-order valence-electron chi connectivity index (χ1n) is 9.86. The Morgan fingerprint density at radius 3 is 2.07 bits per heavy atom. The van der Waals surface area contributed by atoms with Crippen molar-refractivity contribution in [3.63, 3.8) is 0 Å². The number of Topliss-reactive ketones (excluding diaryl/α,β-unsaturated/α-hetero) is 1. The summed E-state index contributed by atoms with van der Waals surface area (Å²) >= 11 is 1.02. The summed E-state index contributed by atoms with van der Waals surface area (Å²) in [6.45, 7) is 0. The third kappa shape index (κ3) is 4.86. The molecule has 1 fully saturated rings. The number of thioether (sulfide) groups is 1. The van der Waals surface area contributed by atoms with Gasteiger partial charge in [-0.15, -0.1) is 0 Å². The molecule has 30 heavy (non-hydrogen) atoms. The Labute approximate surface area is 179 Å². The third-order valence-electron chi connectivity index (χ3n) is 5.17. The van der Waals surface area contributed by atoms with Crippen LogP contribution in [0.3, 0.4) is 0 Å². The molecule has 3 aromatic carbocycles. The molecule has 2 amide bonds. The quantitative estimate of drug-likeness (QED) is 0.548. The van der Waals surface area contributed by atoms with Gasteiger partial charge < -0.3 is 0 Å². The van der Waals surface area contributed by atoms with E-state index in [0.29, 0.717) is 24.8 Å². The van der Waals surface area contributed by atoms with Crippen LogP contribution in [0, 0.1) is 0 Å². The zero-order valence-corrected chi connectivity index (χ0v) is 17.2. The van der Waals surface area contributed by atoms with E-state index in [1.807, 2.05) is 30.3 Å². The maximum Gasteiger partial charge on any atom is 0.286 e. The molecule has 0 aliphatic carbocycles. The van der Waals surface area contributed by atoms with E-state index < -0.39 is 5.25 Å². The maximum absolute atomic E-state index is 12.5. The molecular formula is C25H21NO3S. The van der Waals surface area contributed by atoms with E-state index in [1.165, 1.54) is 5.56 Å². The molecule has 4 rings (SSSR count). The van der Waals surface area contributed by atoms with Crippen molar-refractivity contribution in [3.05, 3.63) is 95.6 Å². The van der Waals surface area contributed by atoms with Gasteiger partial charge in [0.2, 0.25) is 5.91 Å². The van der Waals surface area contributed by atoms with Crippen LogP contribution in [0.1, 0.15) is 27.9 Å². The number of aryl methyl sites for hydroxylation is 1. The molecule has 1 aliphatic rings. The number of carbonyl (C=O) groups is 3. The highest BCUT2D eigenvalue weighted by atomic mass is 32.2. The third-order valence-corrected chi connectivity index (χ3v) is 6.15. The Morgan fingerprint density at radius 2 is 1.43 bits per heavy atom. The lowest BCUT2D eigenvalue weighted by Crippen LogP contribution is -2.25. The number of benzene rings is 3. The smallest absolute Gasteiger partial charge is 0.286 e. The molecule has 0 spiro atoms. The van der Waals surface area contributed by atoms with Gasteiger partial charge in [0.25, 0.3) is 5.24 Å². The standard InChI is InChI=1S/C25H21NO3S/c27-22(15-10-17-6-11-20(12-7-17)19-4-2-1-3-5-19)21-13-8-18(9-14-21)16-23-24(28)26-25(29)30-23/h1-9,11-14,23H,10,15-16H2,(H,26,28,29). The van der Waals surface area contributed by atoms with Gasteiger partial charge in [-0.05, 0) is 35.1 Å². The molecule has 4 nitrogen and oxygen atoms in total. The van der Waals surface area contributed by atoms with Crippen molar-refractivity contribution in [2.75, 3.05) is 0 Å². The molecule has 1 saturated heterocycles. The van der Waals surface area contributed by atoms with Gasteiger partial charge in [0.15, 0.2) is 5.78 Å². The molecule has 1 heterocycles. The Bertz CT molecular complexity index is 1060. The first-order chi connectivity index (χ1) is 14.6.